The number of alkyl halides is 2. The first kappa shape index (κ1) is 14.4. The van der Waals surface area contributed by atoms with Gasteiger partial charge in [0.2, 0.25) is 18.6 Å². The van der Waals surface area contributed by atoms with Crippen LogP contribution in [0.15, 0.2) is 22.7 Å². The number of fused-ring (bicyclic) bond motifs is 1. The minimum Gasteiger partial charge on any atom is -0.350 e. The molecule has 1 N–H and O–H groups in total. The Kier molecular flexibility index (Phi) is 3.89. The van der Waals surface area contributed by atoms with Gasteiger partial charge in [0, 0.05) is 29.9 Å². The van der Waals surface area contributed by atoms with Gasteiger partial charge in [-0.1, -0.05) is 15.9 Å². The van der Waals surface area contributed by atoms with E-state index in [4.69, 9.17) is 0 Å². The Morgan fingerprint density at radius 3 is 2.37 bits per heavy atom. The molecule has 104 valence electrons. The number of carbonyl (C=O) groups excluding carboxylic acids is 1. The predicted octanol–water partition coefficient (Wildman–Crippen LogP) is 2.52. The van der Waals surface area contributed by atoms with E-state index in [1.54, 1.807) is 12.1 Å². The summed E-state index contributed by atoms with van der Waals surface area (Å²) in [5.74, 6) is -0.829. The van der Waals surface area contributed by atoms with Crippen molar-refractivity contribution < 1.29 is 23.0 Å². The van der Waals surface area contributed by atoms with Crippen LogP contribution >= 0.6 is 15.9 Å². The lowest BCUT2D eigenvalue weighted by Crippen LogP contribution is -2.52. The number of anilines is 1. The number of hydrogen-bond acceptors (Lipinski definition) is 3. The topological polar surface area (TPSA) is 47.6 Å². The van der Waals surface area contributed by atoms with Gasteiger partial charge >= 0.3 is 0 Å². The highest BCUT2D eigenvalue weighted by atomic mass is 79.9. The van der Waals surface area contributed by atoms with Crippen molar-refractivity contribution in [1.29, 1.82) is 0 Å². The minimum absolute atomic E-state index is 0.163. The van der Waals surface area contributed by atoms with Gasteiger partial charge in [-0.2, -0.15) is 0 Å². The average molecular weight is 336 g/mol. The summed E-state index contributed by atoms with van der Waals surface area (Å²) in [6.45, 7) is 0. The zero-order valence-electron chi connectivity index (χ0n) is 10.2. The molecular weight excluding hydrogens is 324 g/mol. The van der Waals surface area contributed by atoms with E-state index in [1.165, 1.54) is 6.07 Å². The van der Waals surface area contributed by atoms with Crippen LogP contribution in [0.5, 0.6) is 0 Å². The molecule has 1 aliphatic rings. The van der Waals surface area contributed by atoms with Crippen LogP contribution in [0.1, 0.15) is 5.56 Å². The van der Waals surface area contributed by atoms with Crippen molar-refractivity contribution in [3.05, 3.63) is 28.2 Å². The largest absolute Gasteiger partial charge is 0.350 e. The van der Waals surface area contributed by atoms with Gasteiger partial charge in [0.05, 0.1) is 0 Å². The van der Waals surface area contributed by atoms with Gasteiger partial charge in [0.1, 0.15) is 0 Å². The maximum absolute atomic E-state index is 14.2. The smallest absolute Gasteiger partial charge is 0.246 e. The summed E-state index contributed by atoms with van der Waals surface area (Å²) in [7, 11) is 2.14. The van der Waals surface area contributed by atoms with Gasteiger partial charge in [-0.15, -0.1) is 0 Å². The molecule has 0 fully saturated rings. The van der Waals surface area contributed by atoms with Gasteiger partial charge in [-0.05, 0) is 18.2 Å². The molecule has 4 nitrogen and oxygen atoms in total. The zero-order chi connectivity index (χ0) is 14.2. The normalized spacial score (nSPS) is 24.8. The van der Waals surface area contributed by atoms with E-state index in [0.717, 1.165) is 14.2 Å². The maximum Gasteiger partial charge on any atom is 0.246 e. The van der Waals surface area contributed by atoms with Gasteiger partial charge in [-0.3, -0.25) is 4.79 Å². The molecule has 0 saturated carbocycles. The van der Waals surface area contributed by atoms with E-state index in [2.05, 4.69) is 30.7 Å². The van der Waals surface area contributed by atoms with Crippen molar-refractivity contribution in [2.24, 2.45) is 0 Å². The fourth-order valence-electron chi connectivity index (χ4n) is 2.24. The van der Waals surface area contributed by atoms with E-state index in [0.29, 0.717) is 10.2 Å². The minimum atomic E-state index is -2.17. The molecule has 1 heterocycles. The lowest BCUT2D eigenvalue weighted by molar-refractivity contribution is -0.170. The van der Waals surface area contributed by atoms with Crippen molar-refractivity contribution in [2.45, 2.75) is 18.1 Å². The maximum atomic E-state index is 14.2. The summed E-state index contributed by atoms with van der Waals surface area (Å²) in [6.07, 6.45) is -4.34. The molecule has 0 saturated heterocycles. The number of ether oxygens (including phenoxy) is 2. The third-order valence-electron chi connectivity index (χ3n) is 3.18. The van der Waals surface area contributed by atoms with Crippen LogP contribution in [0.2, 0.25) is 0 Å². The van der Waals surface area contributed by atoms with Gasteiger partial charge in [0.15, 0.2) is 5.41 Å². The van der Waals surface area contributed by atoms with Gasteiger partial charge in [0.25, 0.3) is 0 Å². The second-order valence-corrected chi connectivity index (χ2v) is 5.03. The number of rotatable bonds is 4. The number of benzene rings is 1. The van der Waals surface area contributed by atoms with E-state index in [1.807, 2.05) is 0 Å². The van der Waals surface area contributed by atoms with Crippen molar-refractivity contribution in [3.63, 3.8) is 0 Å². The third kappa shape index (κ3) is 1.96. The van der Waals surface area contributed by atoms with Crippen LogP contribution in [0, 0.1) is 0 Å². The fourth-order valence-corrected chi connectivity index (χ4v) is 2.60. The summed E-state index contributed by atoms with van der Waals surface area (Å²) in [6, 6.07) is 4.70. The zero-order valence-corrected chi connectivity index (χ0v) is 11.8. The number of hydrogen-bond donors (Lipinski definition) is 1. The van der Waals surface area contributed by atoms with Crippen molar-refractivity contribution in [3.8, 4) is 0 Å². The SMILES string of the molecule is COC(F)C1(C(F)OC)C(=O)Nc2ccc(Br)cc21. The van der Waals surface area contributed by atoms with Crippen LogP contribution < -0.4 is 5.32 Å². The highest BCUT2D eigenvalue weighted by Gasteiger charge is 2.60. The lowest BCUT2D eigenvalue weighted by Gasteiger charge is -2.31. The standard InChI is InChI=1S/C12H12BrF2NO3/c1-18-9(14)12(10(15)19-2)7-5-6(13)3-4-8(7)16-11(12)17/h3-5,9-10H,1-2H3,(H,16,17). The summed E-state index contributed by atoms with van der Waals surface area (Å²) < 4.78 is 38.1. The number of methoxy groups -OCH3 is 2. The lowest BCUT2D eigenvalue weighted by atomic mass is 9.81. The molecule has 0 bridgehead atoms. The monoisotopic (exact) mass is 335 g/mol. The Morgan fingerprint density at radius 1 is 1.26 bits per heavy atom. The van der Waals surface area contributed by atoms with Crippen LogP contribution in [-0.4, -0.2) is 32.8 Å². The summed E-state index contributed by atoms with van der Waals surface area (Å²) in [5.41, 5.74) is -1.66. The molecule has 0 aromatic heterocycles. The second-order valence-electron chi connectivity index (χ2n) is 4.12. The Morgan fingerprint density at radius 2 is 1.84 bits per heavy atom. The van der Waals surface area contributed by atoms with Crippen molar-refractivity contribution >= 4 is 27.5 Å². The highest BCUT2D eigenvalue weighted by Crippen LogP contribution is 2.46. The first-order valence-corrected chi connectivity index (χ1v) is 6.23. The molecule has 0 spiro atoms. The number of nitrogens with one attached hydrogen (secondary N) is 1. The molecule has 2 atom stereocenters. The molecular formula is C12H12BrF2NO3. The Bertz CT molecular complexity index is 502. The van der Waals surface area contributed by atoms with Crippen LogP contribution in [0.4, 0.5) is 14.5 Å². The molecule has 7 heteroatoms. The number of amides is 1. The van der Waals surface area contributed by atoms with Crippen LogP contribution in [-0.2, 0) is 19.7 Å². The molecule has 1 aromatic rings. The fraction of sp³-hybridized carbons (Fsp3) is 0.417. The Balaban J connectivity index is 2.67. The van der Waals surface area contributed by atoms with Crippen molar-refractivity contribution in [1.82, 2.24) is 0 Å². The third-order valence-corrected chi connectivity index (χ3v) is 3.67. The molecule has 1 aliphatic heterocycles. The van der Waals surface area contributed by atoms with Crippen LogP contribution in [0.25, 0.3) is 0 Å². The molecule has 1 aromatic carbocycles. The van der Waals surface area contributed by atoms with E-state index < -0.39 is 24.0 Å². The quantitative estimate of drug-likeness (QED) is 0.919. The van der Waals surface area contributed by atoms with E-state index in [9.17, 15) is 13.6 Å². The molecule has 0 aliphatic carbocycles. The van der Waals surface area contributed by atoms with E-state index >= 15 is 0 Å². The molecule has 19 heavy (non-hydrogen) atoms. The average Bonchev–Trinajstić information content (AvgIpc) is 2.69. The summed E-state index contributed by atoms with van der Waals surface area (Å²) in [5, 5.41) is 2.45. The first-order valence-electron chi connectivity index (χ1n) is 5.43. The van der Waals surface area contributed by atoms with Crippen molar-refractivity contribution in [2.75, 3.05) is 19.5 Å². The van der Waals surface area contributed by atoms with Gasteiger partial charge < -0.3 is 14.8 Å². The predicted molar refractivity (Wildman–Crippen MR) is 68.3 cm³/mol. The second kappa shape index (κ2) is 5.15. The Hall–Kier alpha value is -1.05. The molecule has 1 amide bonds. The van der Waals surface area contributed by atoms with Crippen LogP contribution in [0.3, 0.4) is 0 Å². The number of halogens is 3. The summed E-state index contributed by atoms with van der Waals surface area (Å²) >= 11 is 3.21. The number of carbonyl (C=O) groups is 1. The van der Waals surface area contributed by atoms with E-state index in [-0.39, 0.29) is 5.56 Å². The molecule has 0 radical (unpaired) electrons. The molecule has 2 unspecified atom stereocenters. The first-order chi connectivity index (χ1) is 8.98. The molecule has 2 rings (SSSR count). The summed E-state index contributed by atoms with van der Waals surface area (Å²) in [4.78, 5) is 12.1. The highest BCUT2D eigenvalue weighted by molar-refractivity contribution is 9.10. The van der Waals surface area contributed by atoms with Gasteiger partial charge in [-0.25, -0.2) is 8.78 Å². The Labute approximate surface area is 117 Å².